The maximum absolute atomic E-state index is 13.0. The van der Waals surface area contributed by atoms with Gasteiger partial charge in [0.2, 0.25) is 0 Å². The van der Waals surface area contributed by atoms with Gasteiger partial charge >= 0.3 is 0 Å². The molecule has 4 aromatic heterocycles. The third-order valence-corrected chi connectivity index (χ3v) is 4.56. The molecule has 0 saturated heterocycles. The Kier molecular flexibility index (Phi) is 4.31. The first kappa shape index (κ1) is 17.1. The van der Waals surface area contributed by atoms with Crippen LogP contribution in [-0.2, 0) is 0 Å². The number of aromatic nitrogens is 6. The summed E-state index contributed by atoms with van der Waals surface area (Å²) in [4.78, 5) is 17.3. The van der Waals surface area contributed by atoms with Gasteiger partial charge in [0.15, 0.2) is 17.1 Å². The van der Waals surface area contributed by atoms with Crippen LogP contribution in [0.1, 0.15) is 48.2 Å². The molecule has 0 spiro atoms. The van der Waals surface area contributed by atoms with Crippen LogP contribution in [0.3, 0.4) is 0 Å². The van der Waals surface area contributed by atoms with Crippen LogP contribution in [0.5, 0.6) is 0 Å². The first-order chi connectivity index (χ1) is 13.0. The van der Waals surface area contributed by atoms with E-state index in [0.29, 0.717) is 17.1 Å². The Hall–Kier alpha value is -3.29. The zero-order valence-corrected chi connectivity index (χ0v) is 15.5. The molecule has 1 N–H and O–H groups in total. The molecule has 8 heteroatoms. The summed E-state index contributed by atoms with van der Waals surface area (Å²) in [5.74, 6) is 0.897. The molecule has 0 radical (unpaired) electrons. The van der Waals surface area contributed by atoms with Gasteiger partial charge in [-0.05, 0) is 31.4 Å². The van der Waals surface area contributed by atoms with E-state index in [4.69, 9.17) is 0 Å². The lowest BCUT2D eigenvalue weighted by Gasteiger charge is -2.20. The molecule has 8 nitrogen and oxygen atoms in total. The number of hydrogen-bond acceptors (Lipinski definition) is 5. The van der Waals surface area contributed by atoms with Gasteiger partial charge in [-0.25, -0.2) is 9.50 Å². The molecule has 0 aliphatic heterocycles. The van der Waals surface area contributed by atoms with Crippen LogP contribution in [-0.4, -0.2) is 35.1 Å². The van der Waals surface area contributed by atoms with Gasteiger partial charge in [-0.15, -0.1) is 10.2 Å². The van der Waals surface area contributed by atoms with Crippen molar-refractivity contribution < 1.29 is 4.79 Å². The summed E-state index contributed by atoms with van der Waals surface area (Å²) in [6, 6.07) is 7.28. The largest absolute Gasteiger partial charge is 0.342 e. The van der Waals surface area contributed by atoms with E-state index in [2.05, 4.69) is 39.4 Å². The first-order valence-corrected chi connectivity index (χ1v) is 8.94. The molecule has 1 amide bonds. The zero-order valence-electron chi connectivity index (χ0n) is 15.5. The van der Waals surface area contributed by atoms with Gasteiger partial charge in [-0.3, -0.25) is 9.20 Å². The summed E-state index contributed by atoms with van der Waals surface area (Å²) >= 11 is 0. The van der Waals surface area contributed by atoms with Gasteiger partial charge in [0.05, 0.1) is 23.5 Å². The molecule has 0 bridgehead atoms. The molecule has 0 fully saturated rings. The van der Waals surface area contributed by atoms with Crippen molar-refractivity contribution in [2.45, 2.75) is 33.2 Å². The number of pyridine rings is 1. The predicted octanol–water partition coefficient (Wildman–Crippen LogP) is 2.60. The Morgan fingerprint density at radius 2 is 2.04 bits per heavy atom. The number of nitrogens with one attached hydrogen (secondary N) is 1. The maximum Gasteiger partial charge on any atom is 0.255 e. The van der Waals surface area contributed by atoms with E-state index >= 15 is 0 Å². The molecular weight excluding hydrogens is 342 g/mol. The van der Waals surface area contributed by atoms with Crippen molar-refractivity contribution in [2.75, 3.05) is 0 Å². The van der Waals surface area contributed by atoms with Crippen LogP contribution in [0.15, 0.2) is 42.9 Å². The minimum absolute atomic E-state index is 0.198. The van der Waals surface area contributed by atoms with Gasteiger partial charge in [0, 0.05) is 18.5 Å². The van der Waals surface area contributed by atoms with Crippen LogP contribution in [0.4, 0.5) is 0 Å². The highest BCUT2D eigenvalue weighted by Crippen LogP contribution is 2.21. The predicted molar refractivity (Wildman–Crippen MR) is 100 cm³/mol. The maximum atomic E-state index is 13.0. The molecule has 0 unspecified atom stereocenters. The second-order valence-corrected chi connectivity index (χ2v) is 7.00. The van der Waals surface area contributed by atoms with Crippen molar-refractivity contribution in [1.29, 1.82) is 0 Å². The fourth-order valence-corrected chi connectivity index (χ4v) is 3.25. The Labute approximate surface area is 156 Å². The number of carbonyl (C=O) groups is 1. The van der Waals surface area contributed by atoms with E-state index in [9.17, 15) is 4.79 Å². The van der Waals surface area contributed by atoms with E-state index in [-0.39, 0.29) is 11.9 Å². The van der Waals surface area contributed by atoms with Gasteiger partial charge in [-0.2, -0.15) is 5.10 Å². The molecule has 138 valence electrons. The van der Waals surface area contributed by atoms with Gasteiger partial charge < -0.3 is 5.32 Å². The summed E-state index contributed by atoms with van der Waals surface area (Å²) in [6.07, 6.45) is 5.92. The van der Waals surface area contributed by atoms with Crippen molar-refractivity contribution in [2.24, 2.45) is 5.92 Å². The standard InChI is InChI=1S/C19H21N7O/c1-12(2)10-15(18-24-23-17-6-4-5-9-25(17)18)22-19(27)14-11-20-16-7-8-21-26(16)13(14)3/h4-9,11-12,15H,10H2,1-3H3,(H,22,27)/t15-/m1/s1. The Balaban J connectivity index is 1.69. The molecule has 4 heterocycles. The SMILES string of the molecule is Cc1c(C(=O)N[C@H](CC(C)C)c2nnc3ccccn23)cnc2ccnn12. The molecule has 1 atom stereocenters. The smallest absolute Gasteiger partial charge is 0.255 e. The highest BCUT2D eigenvalue weighted by atomic mass is 16.1. The molecule has 4 aromatic rings. The van der Waals surface area contributed by atoms with Crippen molar-refractivity contribution in [3.05, 3.63) is 59.9 Å². The minimum Gasteiger partial charge on any atom is -0.342 e. The fraction of sp³-hybridized carbons (Fsp3) is 0.316. The lowest BCUT2D eigenvalue weighted by atomic mass is 10.0. The topological polar surface area (TPSA) is 89.5 Å². The lowest BCUT2D eigenvalue weighted by molar-refractivity contribution is 0.0928. The number of carbonyl (C=O) groups excluding carboxylic acids is 1. The van der Waals surface area contributed by atoms with Crippen molar-refractivity contribution in [3.63, 3.8) is 0 Å². The number of hydrogen-bond donors (Lipinski definition) is 1. The quantitative estimate of drug-likeness (QED) is 0.589. The molecule has 4 rings (SSSR count). The number of amides is 1. The number of rotatable bonds is 5. The second-order valence-electron chi connectivity index (χ2n) is 7.00. The highest BCUT2D eigenvalue weighted by molar-refractivity contribution is 5.95. The normalized spacial score (nSPS) is 12.7. The Bertz CT molecular complexity index is 1110. The summed E-state index contributed by atoms with van der Waals surface area (Å²) in [7, 11) is 0. The van der Waals surface area contributed by atoms with E-state index in [1.807, 2.05) is 35.7 Å². The van der Waals surface area contributed by atoms with Crippen LogP contribution >= 0.6 is 0 Å². The van der Waals surface area contributed by atoms with Gasteiger partial charge in [-0.1, -0.05) is 19.9 Å². The fourth-order valence-electron chi connectivity index (χ4n) is 3.25. The van der Waals surface area contributed by atoms with Gasteiger partial charge in [0.1, 0.15) is 0 Å². The molecule has 0 saturated carbocycles. The van der Waals surface area contributed by atoms with Crippen LogP contribution < -0.4 is 5.32 Å². The van der Waals surface area contributed by atoms with Crippen LogP contribution in [0.2, 0.25) is 0 Å². The Morgan fingerprint density at radius 3 is 2.85 bits per heavy atom. The Morgan fingerprint density at radius 1 is 1.19 bits per heavy atom. The van der Waals surface area contributed by atoms with Crippen molar-refractivity contribution in [1.82, 2.24) is 34.5 Å². The molecular formula is C19H21N7O. The van der Waals surface area contributed by atoms with Crippen LogP contribution in [0.25, 0.3) is 11.3 Å². The van der Waals surface area contributed by atoms with Crippen molar-refractivity contribution in [3.8, 4) is 0 Å². The third kappa shape index (κ3) is 3.14. The first-order valence-electron chi connectivity index (χ1n) is 8.94. The summed E-state index contributed by atoms with van der Waals surface area (Å²) in [5, 5.41) is 15.9. The molecule has 27 heavy (non-hydrogen) atoms. The second kappa shape index (κ2) is 6.79. The van der Waals surface area contributed by atoms with E-state index in [0.717, 1.165) is 23.6 Å². The van der Waals surface area contributed by atoms with Crippen LogP contribution in [0, 0.1) is 12.8 Å². The summed E-state index contributed by atoms with van der Waals surface area (Å²) < 4.78 is 3.58. The minimum atomic E-state index is -0.261. The number of nitrogens with zero attached hydrogens (tertiary/aromatic N) is 6. The zero-order chi connectivity index (χ0) is 19.0. The monoisotopic (exact) mass is 363 g/mol. The number of fused-ring (bicyclic) bond motifs is 2. The average molecular weight is 363 g/mol. The third-order valence-electron chi connectivity index (χ3n) is 4.56. The summed E-state index contributed by atoms with van der Waals surface area (Å²) in [5.41, 5.74) is 2.71. The highest BCUT2D eigenvalue weighted by Gasteiger charge is 2.23. The van der Waals surface area contributed by atoms with Crippen molar-refractivity contribution >= 4 is 17.2 Å². The summed E-state index contributed by atoms with van der Waals surface area (Å²) in [6.45, 7) is 6.09. The molecule has 0 aliphatic rings. The van der Waals surface area contributed by atoms with E-state index in [1.165, 1.54) is 0 Å². The molecule has 0 aliphatic carbocycles. The number of aryl methyl sites for hydroxylation is 1. The van der Waals surface area contributed by atoms with E-state index < -0.39 is 0 Å². The van der Waals surface area contributed by atoms with E-state index in [1.54, 1.807) is 23.0 Å². The lowest BCUT2D eigenvalue weighted by Crippen LogP contribution is -2.32. The van der Waals surface area contributed by atoms with Gasteiger partial charge in [0.25, 0.3) is 5.91 Å². The average Bonchev–Trinajstić information content (AvgIpc) is 3.28. The molecule has 0 aromatic carbocycles.